The Morgan fingerprint density at radius 2 is 1.82 bits per heavy atom. The number of halogens is 1. The van der Waals surface area contributed by atoms with Gasteiger partial charge in [0.05, 0.1) is 17.6 Å². The van der Waals surface area contributed by atoms with Gasteiger partial charge >= 0.3 is 0 Å². The Morgan fingerprint density at radius 3 is 2.64 bits per heavy atom. The lowest BCUT2D eigenvalue weighted by Crippen LogP contribution is -2.26. The summed E-state index contributed by atoms with van der Waals surface area (Å²) in [6, 6.07) is 21.7. The van der Waals surface area contributed by atoms with E-state index in [2.05, 4.69) is 51.8 Å². The van der Waals surface area contributed by atoms with Crippen LogP contribution in [0.15, 0.2) is 71.2 Å². The average Bonchev–Trinajstić information content (AvgIpc) is 3.17. The lowest BCUT2D eigenvalue weighted by atomic mass is 10.1. The fraction of sp³-hybridized carbons (Fsp3) is 0.259. The minimum Gasteiger partial charge on any atom is -0.493 e. The number of para-hydroxylation sites is 2. The van der Waals surface area contributed by atoms with Crippen LogP contribution in [0.4, 0.5) is 0 Å². The van der Waals surface area contributed by atoms with Crippen LogP contribution in [0, 0.1) is 13.8 Å². The molecule has 1 N–H and O–H groups in total. The number of fused-ring (bicyclic) bond motifs is 1. The maximum Gasteiger partial charge on any atom is 0.251 e. The van der Waals surface area contributed by atoms with E-state index in [1.165, 1.54) is 11.1 Å². The number of carbonyl (C=O) groups excluding carboxylic acids is 1. The summed E-state index contributed by atoms with van der Waals surface area (Å²) in [7, 11) is 0. The van der Waals surface area contributed by atoms with Crippen LogP contribution in [-0.2, 0) is 13.0 Å². The molecule has 5 nitrogen and oxygen atoms in total. The Bertz CT molecular complexity index is 1250. The number of rotatable bonds is 9. The van der Waals surface area contributed by atoms with Crippen molar-refractivity contribution in [1.29, 1.82) is 0 Å². The zero-order valence-corrected chi connectivity index (χ0v) is 20.6. The minimum atomic E-state index is -0.0768. The Hall–Kier alpha value is -3.12. The summed E-state index contributed by atoms with van der Waals surface area (Å²) in [4.78, 5) is 17.3. The van der Waals surface area contributed by atoms with E-state index in [0.717, 1.165) is 40.0 Å². The fourth-order valence-corrected chi connectivity index (χ4v) is 4.11. The van der Waals surface area contributed by atoms with Gasteiger partial charge < -0.3 is 14.6 Å². The molecular formula is C27H28BrN3O2. The number of aromatic nitrogens is 2. The maximum atomic E-state index is 12.4. The highest BCUT2D eigenvalue weighted by Gasteiger charge is 2.12. The number of hydrogen-bond acceptors (Lipinski definition) is 3. The highest BCUT2D eigenvalue weighted by Crippen LogP contribution is 2.21. The van der Waals surface area contributed by atoms with Crippen molar-refractivity contribution in [3.05, 3.63) is 93.7 Å². The number of ether oxygens (including phenoxy) is 1. The van der Waals surface area contributed by atoms with E-state index < -0.39 is 0 Å². The topological polar surface area (TPSA) is 56.1 Å². The predicted octanol–water partition coefficient (Wildman–Crippen LogP) is 5.86. The van der Waals surface area contributed by atoms with E-state index in [1.807, 2.05) is 54.6 Å². The summed E-state index contributed by atoms with van der Waals surface area (Å²) in [6.45, 7) is 6.16. The first-order chi connectivity index (χ1) is 16.0. The Morgan fingerprint density at radius 1 is 1.03 bits per heavy atom. The number of carbonyl (C=O) groups is 1. The normalized spacial score (nSPS) is 11.0. The second-order valence-corrected chi connectivity index (χ2v) is 9.00. The molecule has 0 saturated heterocycles. The van der Waals surface area contributed by atoms with E-state index in [0.29, 0.717) is 25.1 Å². The first-order valence-corrected chi connectivity index (χ1v) is 12.0. The molecule has 0 saturated carbocycles. The van der Waals surface area contributed by atoms with E-state index >= 15 is 0 Å². The van der Waals surface area contributed by atoms with Crippen molar-refractivity contribution in [3.8, 4) is 5.75 Å². The summed E-state index contributed by atoms with van der Waals surface area (Å²) in [6.07, 6.45) is 1.53. The molecule has 0 aliphatic rings. The lowest BCUT2D eigenvalue weighted by molar-refractivity contribution is 0.0954. The molecular weight excluding hydrogens is 478 g/mol. The number of nitrogens with zero attached hydrogens (tertiary/aromatic N) is 2. The van der Waals surface area contributed by atoms with E-state index in [4.69, 9.17) is 9.72 Å². The van der Waals surface area contributed by atoms with Crippen LogP contribution >= 0.6 is 15.9 Å². The number of aryl methyl sites for hydroxylation is 2. The molecule has 4 rings (SSSR count). The largest absolute Gasteiger partial charge is 0.493 e. The van der Waals surface area contributed by atoms with Crippen LogP contribution < -0.4 is 10.1 Å². The highest BCUT2D eigenvalue weighted by atomic mass is 79.9. The molecule has 0 aliphatic heterocycles. The summed E-state index contributed by atoms with van der Waals surface area (Å²) in [5, 5.41) is 3.01. The van der Waals surface area contributed by atoms with Gasteiger partial charge in [0.15, 0.2) is 0 Å². The first kappa shape index (κ1) is 23.1. The minimum absolute atomic E-state index is 0.0768. The highest BCUT2D eigenvalue weighted by molar-refractivity contribution is 9.10. The van der Waals surface area contributed by atoms with E-state index in [9.17, 15) is 4.79 Å². The van der Waals surface area contributed by atoms with Gasteiger partial charge in [0.1, 0.15) is 11.6 Å². The molecule has 0 radical (unpaired) electrons. The molecule has 170 valence electrons. The Kier molecular flexibility index (Phi) is 7.45. The second kappa shape index (κ2) is 10.7. The van der Waals surface area contributed by atoms with Gasteiger partial charge in [-0.25, -0.2) is 4.98 Å². The maximum absolute atomic E-state index is 12.4. The Balaban J connectivity index is 1.38. The fourth-order valence-electron chi connectivity index (χ4n) is 3.84. The van der Waals surface area contributed by atoms with Crippen LogP contribution in [0.5, 0.6) is 5.75 Å². The third-order valence-electron chi connectivity index (χ3n) is 5.81. The van der Waals surface area contributed by atoms with Gasteiger partial charge in [0, 0.05) is 29.5 Å². The van der Waals surface area contributed by atoms with Gasteiger partial charge in [-0.2, -0.15) is 0 Å². The molecule has 3 aromatic carbocycles. The summed E-state index contributed by atoms with van der Waals surface area (Å²) in [5.41, 5.74) is 5.16. The second-order valence-electron chi connectivity index (χ2n) is 8.08. The Labute approximate surface area is 202 Å². The standard InChI is InChI=1S/C27H28BrN3O2/c1-19-7-5-10-25(20(19)2)33-18-6-17-31-24-9-4-3-8-23(24)30-26(31)15-16-29-27(32)21-11-13-22(28)14-12-21/h3-5,7-14H,6,15-18H2,1-2H3,(H,29,32). The van der Waals surface area contributed by atoms with Crippen LogP contribution in [0.2, 0.25) is 0 Å². The lowest BCUT2D eigenvalue weighted by Gasteiger charge is -2.13. The molecule has 0 spiro atoms. The van der Waals surface area contributed by atoms with E-state index in [-0.39, 0.29) is 5.91 Å². The van der Waals surface area contributed by atoms with Gasteiger partial charge in [-0.05, 0) is 73.9 Å². The van der Waals surface area contributed by atoms with Gasteiger partial charge in [0.2, 0.25) is 0 Å². The van der Waals surface area contributed by atoms with Crippen molar-refractivity contribution >= 4 is 32.9 Å². The number of amides is 1. The molecule has 6 heteroatoms. The monoisotopic (exact) mass is 505 g/mol. The van der Waals surface area contributed by atoms with Crippen LogP contribution in [-0.4, -0.2) is 28.6 Å². The smallest absolute Gasteiger partial charge is 0.251 e. The molecule has 0 unspecified atom stereocenters. The van der Waals surface area contributed by atoms with Crippen molar-refractivity contribution in [2.45, 2.75) is 33.2 Å². The number of imidazole rings is 1. The van der Waals surface area contributed by atoms with Gasteiger partial charge in [-0.3, -0.25) is 4.79 Å². The quantitative estimate of drug-likeness (QED) is 0.290. The van der Waals surface area contributed by atoms with E-state index in [1.54, 1.807) is 0 Å². The SMILES string of the molecule is Cc1cccc(OCCCn2c(CCNC(=O)c3ccc(Br)cc3)nc3ccccc32)c1C. The van der Waals surface area contributed by atoms with Crippen molar-refractivity contribution in [1.82, 2.24) is 14.9 Å². The van der Waals surface area contributed by atoms with Gasteiger partial charge in [0.25, 0.3) is 5.91 Å². The third kappa shape index (κ3) is 5.63. The van der Waals surface area contributed by atoms with Crippen LogP contribution in [0.25, 0.3) is 11.0 Å². The number of nitrogens with one attached hydrogen (secondary N) is 1. The molecule has 1 aromatic heterocycles. The van der Waals surface area contributed by atoms with Gasteiger partial charge in [-0.1, -0.05) is 40.2 Å². The van der Waals surface area contributed by atoms with Gasteiger partial charge in [-0.15, -0.1) is 0 Å². The summed E-state index contributed by atoms with van der Waals surface area (Å²) < 4.78 is 9.24. The number of hydrogen-bond donors (Lipinski definition) is 1. The molecule has 1 heterocycles. The zero-order chi connectivity index (χ0) is 23.2. The number of benzene rings is 3. The molecule has 4 aromatic rings. The summed E-state index contributed by atoms with van der Waals surface area (Å²) >= 11 is 3.40. The average molecular weight is 506 g/mol. The van der Waals surface area contributed by atoms with Crippen molar-refractivity contribution in [2.24, 2.45) is 0 Å². The molecule has 0 bridgehead atoms. The van der Waals surface area contributed by atoms with Crippen molar-refractivity contribution in [3.63, 3.8) is 0 Å². The van der Waals surface area contributed by atoms with Crippen molar-refractivity contribution < 1.29 is 9.53 Å². The van der Waals surface area contributed by atoms with Crippen LogP contribution in [0.1, 0.15) is 33.7 Å². The molecule has 0 aliphatic carbocycles. The predicted molar refractivity (Wildman–Crippen MR) is 136 cm³/mol. The summed E-state index contributed by atoms with van der Waals surface area (Å²) in [5.74, 6) is 1.84. The molecule has 33 heavy (non-hydrogen) atoms. The third-order valence-corrected chi connectivity index (χ3v) is 6.34. The van der Waals surface area contributed by atoms with Crippen molar-refractivity contribution in [2.75, 3.05) is 13.2 Å². The zero-order valence-electron chi connectivity index (χ0n) is 19.0. The molecule has 0 atom stereocenters. The first-order valence-electron chi connectivity index (χ1n) is 11.2. The van der Waals surface area contributed by atoms with Crippen LogP contribution in [0.3, 0.4) is 0 Å². The molecule has 1 amide bonds. The molecule has 0 fully saturated rings.